The van der Waals surface area contributed by atoms with Gasteiger partial charge in [-0.05, 0) is 25.0 Å². The summed E-state index contributed by atoms with van der Waals surface area (Å²) in [5.74, 6) is 1.15. The van der Waals surface area contributed by atoms with Gasteiger partial charge in [-0.1, -0.05) is 28.9 Å². The van der Waals surface area contributed by atoms with Crippen molar-refractivity contribution in [3.8, 4) is 11.4 Å². The molecule has 1 aliphatic rings. The molecular weight excluding hydrogens is 316 g/mol. The molecule has 1 aromatic carbocycles. The predicted molar refractivity (Wildman–Crippen MR) is 88.0 cm³/mol. The van der Waals surface area contributed by atoms with Gasteiger partial charge in [-0.3, -0.25) is 4.90 Å². The Morgan fingerprint density at radius 2 is 2.35 bits per heavy atom. The van der Waals surface area contributed by atoms with E-state index in [1.807, 2.05) is 24.3 Å². The lowest BCUT2D eigenvalue weighted by Gasteiger charge is -2.37. The van der Waals surface area contributed by atoms with Gasteiger partial charge in [0, 0.05) is 36.8 Å². The molecule has 0 radical (unpaired) electrons. The maximum Gasteiger partial charge on any atom is 0.241 e. The SMILES string of the molecule is COC1CCN(Cc2nc(-c3cccc(Cl)c3)no2)C(CN)C1. The van der Waals surface area contributed by atoms with Gasteiger partial charge < -0.3 is 15.0 Å². The van der Waals surface area contributed by atoms with Crippen molar-refractivity contribution < 1.29 is 9.26 Å². The molecule has 3 rings (SSSR count). The zero-order valence-corrected chi connectivity index (χ0v) is 13.9. The van der Waals surface area contributed by atoms with E-state index in [4.69, 9.17) is 26.6 Å². The summed E-state index contributed by atoms with van der Waals surface area (Å²) >= 11 is 6.00. The molecule has 0 aliphatic carbocycles. The Morgan fingerprint density at radius 3 is 3.09 bits per heavy atom. The van der Waals surface area contributed by atoms with Crippen LogP contribution in [0.5, 0.6) is 0 Å². The Morgan fingerprint density at radius 1 is 1.48 bits per heavy atom. The van der Waals surface area contributed by atoms with E-state index < -0.39 is 0 Å². The third kappa shape index (κ3) is 3.90. The first kappa shape index (κ1) is 16.4. The van der Waals surface area contributed by atoms with Crippen LogP contribution in [0.25, 0.3) is 11.4 Å². The van der Waals surface area contributed by atoms with Crippen LogP contribution in [0.1, 0.15) is 18.7 Å². The summed E-state index contributed by atoms with van der Waals surface area (Å²) in [6.45, 7) is 2.11. The van der Waals surface area contributed by atoms with E-state index in [0.717, 1.165) is 24.9 Å². The molecule has 2 unspecified atom stereocenters. The summed E-state index contributed by atoms with van der Waals surface area (Å²) in [5, 5.41) is 4.70. The fourth-order valence-electron chi connectivity index (χ4n) is 2.97. The average molecular weight is 337 g/mol. The number of methoxy groups -OCH3 is 1. The quantitative estimate of drug-likeness (QED) is 0.903. The first-order valence-corrected chi connectivity index (χ1v) is 8.13. The zero-order chi connectivity index (χ0) is 16.2. The standard InChI is InChI=1S/C16H21ClN4O2/c1-22-14-5-6-21(13(8-14)9-18)10-15-19-16(20-23-15)11-3-2-4-12(17)7-11/h2-4,7,13-14H,5-6,8-10,18H2,1H3. The highest BCUT2D eigenvalue weighted by atomic mass is 35.5. The van der Waals surface area contributed by atoms with Crippen LogP contribution in [0.4, 0.5) is 0 Å². The van der Waals surface area contributed by atoms with E-state index in [9.17, 15) is 0 Å². The molecule has 1 aromatic heterocycles. The number of halogens is 1. The highest BCUT2D eigenvalue weighted by Gasteiger charge is 2.28. The third-order valence-electron chi connectivity index (χ3n) is 4.28. The smallest absolute Gasteiger partial charge is 0.241 e. The number of aromatic nitrogens is 2. The van der Waals surface area contributed by atoms with Crippen molar-refractivity contribution in [1.82, 2.24) is 15.0 Å². The number of likely N-dealkylation sites (tertiary alicyclic amines) is 1. The number of hydrogen-bond donors (Lipinski definition) is 1. The number of piperidine rings is 1. The van der Waals surface area contributed by atoms with Gasteiger partial charge >= 0.3 is 0 Å². The minimum Gasteiger partial charge on any atom is -0.381 e. The second-order valence-corrected chi connectivity index (χ2v) is 6.20. The number of nitrogens with zero attached hydrogens (tertiary/aromatic N) is 3. The molecule has 1 aliphatic heterocycles. The van der Waals surface area contributed by atoms with E-state index in [1.54, 1.807) is 7.11 Å². The second kappa shape index (κ2) is 7.40. The van der Waals surface area contributed by atoms with E-state index in [-0.39, 0.29) is 12.1 Å². The van der Waals surface area contributed by atoms with E-state index in [1.165, 1.54) is 0 Å². The van der Waals surface area contributed by atoms with E-state index >= 15 is 0 Å². The first-order valence-electron chi connectivity index (χ1n) is 7.75. The molecule has 124 valence electrons. The molecule has 6 nitrogen and oxygen atoms in total. The molecule has 1 saturated heterocycles. The highest BCUT2D eigenvalue weighted by molar-refractivity contribution is 6.30. The van der Waals surface area contributed by atoms with Gasteiger partial charge in [-0.2, -0.15) is 4.98 Å². The zero-order valence-electron chi connectivity index (χ0n) is 13.1. The van der Waals surface area contributed by atoms with Crippen LogP contribution in [-0.4, -0.2) is 47.4 Å². The lowest BCUT2D eigenvalue weighted by Crippen LogP contribution is -2.48. The Bertz CT molecular complexity index is 649. The van der Waals surface area contributed by atoms with Crippen molar-refractivity contribution in [3.05, 3.63) is 35.2 Å². The molecule has 2 aromatic rings. The summed E-state index contributed by atoms with van der Waals surface area (Å²) in [5.41, 5.74) is 6.75. The average Bonchev–Trinajstić information content (AvgIpc) is 3.04. The number of nitrogens with two attached hydrogens (primary N) is 1. The second-order valence-electron chi connectivity index (χ2n) is 5.76. The van der Waals surface area contributed by atoms with Crippen LogP contribution in [0.15, 0.2) is 28.8 Å². The monoisotopic (exact) mass is 336 g/mol. The summed E-state index contributed by atoms with van der Waals surface area (Å²) in [4.78, 5) is 6.76. The number of ether oxygens (including phenoxy) is 1. The van der Waals surface area contributed by atoms with Crippen LogP contribution in [0, 0.1) is 0 Å². The molecule has 0 spiro atoms. The number of rotatable bonds is 5. The molecule has 2 atom stereocenters. The van der Waals surface area contributed by atoms with Gasteiger partial charge in [-0.25, -0.2) is 0 Å². The first-order chi connectivity index (χ1) is 11.2. The molecular formula is C16H21ClN4O2. The van der Waals surface area contributed by atoms with Gasteiger partial charge in [0.15, 0.2) is 0 Å². The molecule has 2 heterocycles. The molecule has 0 saturated carbocycles. The van der Waals surface area contributed by atoms with Crippen molar-refractivity contribution in [2.24, 2.45) is 5.73 Å². The van der Waals surface area contributed by atoms with Crippen molar-refractivity contribution in [2.75, 3.05) is 20.2 Å². The summed E-state index contributed by atoms with van der Waals surface area (Å²) in [7, 11) is 1.75. The van der Waals surface area contributed by atoms with Crippen molar-refractivity contribution >= 4 is 11.6 Å². The van der Waals surface area contributed by atoms with Crippen molar-refractivity contribution in [1.29, 1.82) is 0 Å². The third-order valence-corrected chi connectivity index (χ3v) is 4.52. The number of hydrogen-bond acceptors (Lipinski definition) is 6. The maximum absolute atomic E-state index is 6.00. The molecule has 7 heteroatoms. The van der Waals surface area contributed by atoms with Crippen LogP contribution in [0.3, 0.4) is 0 Å². The fraction of sp³-hybridized carbons (Fsp3) is 0.500. The lowest BCUT2D eigenvalue weighted by molar-refractivity contribution is 0.00676. The number of benzene rings is 1. The van der Waals surface area contributed by atoms with Crippen molar-refractivity contribution in [2.45, 2.75) is 31.5 Å². The summed E-state index contributed by atoms with van der Waals surface area (Å²) < 4.78 is 10.8. The van der Waals surface area contributed by atoms with Gasteiger partial charge in [0.05, 0.1) is 12.6 Å². The molecule has 1 fully saturated rings. The Labute approximate surface area is 140 Å². The van der Waals surface area contributed by atoms with Crippen molar-refractivity contribution in [3.63, 3.8) is 0 Å². The van der Waals surface area contributed by atoms with Gasteiger partial charge in [0.2, 0.25) is 11.7 Å². The van der Waals surface area contributed by atoms with E-state index in [0.29, 0.717) is 29.8 Å². The predicted octanol–water partition coefficient (Wildman–Crippen LogP) is 2.33. The molecule has 2 N–H and O–H groups in total. The Hall–Kier alpha value is -1.47. The largest absolute Gasteiger partial charge is 0.381 e. The normalized spacial score (nSPS) is 22.4. The maximum atomic E-state index is 6.00. The minimum absolute atomic E-state index is 0.273. The van der Waals surface area contributed by atoms with Crippen LogP contribution in [-0.2, 0) is 11.3 Å². The molecule has 0 amide bonds. The fourth-order valence-corrected chi connectivity index (χ4v) is 3.16. The van der Waals surface area contributed by atoms with E-state index in [2.05, 4.69) is 15.0 Å². The topological polar surface area (TPSA) is 77.4 Å². The highest BCUT2D eigenvalue weighted by Crippen LogP contribution is 2.23. The summed E-state index contributed by atoms with van der Waals surface area (Å²) in [6.07, 6.45) is 2.20. The lowest BCUT2D eigenvalue weighted by atomic mass is 9.99. The van der Waals surface area contributed by atoms with Gasteiger partial charge in [0.25, 0.3) is 0 Å². The van der Waals surface area contributed by atoms with Crippen LogP contribution < -0.4 is 5.73 Å². The minimum atomic E-state index is 0.273. The van der Waals surface area contributed by atoms with Crippen LogP contribution >= 0.6 is 11.6 Å². The summed E-state index contributed by atoms with van der Waals surface area (Å²) in [6, 6.07) is 7.69. The van der Waals surface area contributed by atoms with Crippen LogP contribution in [0.2, 0.25) is 5.02 Å². The van der Waals surface area contributed by atoms with Gasteiger partial charge in [-0.15, -0.1) is 0 Å². The molecule has 23 heavy (non-hydrogen) atoms. The van der Waals surface area contributed by atoms with Gasteiger partial charge in [0.1, 0.15) is 0 Å². The Kier molecular flexibility index (Phi) is 5.27. The molecule has 0 bridgehead atoms. The Balaban J connectivity index is 1.69.